The molecule has 0 radical (unpaired) electrons. The van der Waals surface area contributed by atoms with Gasteiger partial charge in [0.2, 0.25) is 5.89 Å². The Bertz CT molecular complexity index is 766. The Hall–Kier alpha value is -2.49. The first-order valence-corrected chi connectivity index (χ1v) is 6.72. The lowest BCUT2D eigenvalue weighted by Crippen LogP contribution is -1.90. The van der Waals surface area contributed by atoms with Crippen molar-refractivity contribution in [3.63, 3.8) is 0 Å². The van der Waals surface area contributed by atoms with E-state index in [1.54, 1.807) is 14.2 Å². The van der Waals surface area contributed by atoms with Gasteiger partial charge in [-0.3, -0.25) is 0 Å². The number of ether oxygens (including phenoxy) is 2. The van der Waals surface area contributed by atoms with Crippen molar-refractivity contribution < 1.29 is 13.9 Å². The second-order valence-electron chi connectivity index (χ2n) is 4.99. The average molecular weight is 283 g/mol. The first-order chi connectivity index (χ1) is 10.1. The molecule has 3 rings (SSSR count). The minimum Gasteiger partial charge on any atom is -0.493 e. The number of methoxy groups -OCH3 is 2. The van der Waals surface area contributed by atoms with Crippen LogP contribution in [0.15, 0.2) is 34.7 Å². The van der Waals surface area contributed by atoms with Crippen LogP contribution in [-0.4, -0.2) is 19.2 Å². The fourth-order valence-corrected chi connectivity index (χ4v) is 2.27. The van der Waals surface area contributed by atoms with Gasteiger partial charge >= 0.3 is 0 Å². The van der Waals surface area contributed by atoms with Crippen molar-refractivity contribution in [2.45, 2.75) is 13.8 Å². The lowest BCUT2D eigenvalue weighted by Gasteiger charge is -2.07. The van der Waals surface area contributed by atoms with Gasteiger partial charge in [0.25, 0.3) is 0 Å². The topological polar surface area (TPSA) is 44.5 Å². The third kappa shape index (κ3) is 2.33. The number of rotatable bonds is 3. The molecule has 108 valence electrons. The molecular weight excluding hydrogens is 266 g/mol. The lowest BCUT2D eigenvalue weighted by molar-refractivity contribution is 0.355. The first kappa shape index (κ1) is 13.5. The molecule has 1 aromatic heterocycles. The van der Waals surface area contributed by atoms with E-state index in [4.69, 9.17) is 13.9 Å². The zero-order chi connectivity index (χ0) is 15.0. The number of nitrogens with zero attached hydrogens (tertiary/aromatic N) is 1. The highest BCUT2D eigenvalue weighted by atomic mass is 16.5. The van der Waals surface area contributed by atoms with Crippen molar-refractivity contribution in [2.24, 2.45) is 0 Å². The highest BCUT2D eigenvalue weighted by Gasteiger charge is 2.12. The molecule has 0 spiro atoms. The molecule has 0 amide bonds. The second-order valence-corrected chi connectivity index (χ2v) is 4.99. The molecule has 1 heterocycles. The smallest absolute Gasteiger partial charge is 0.227 e. The van der Waals surface area contributed by atoms with Crippen LogP contribution in [0, 0.1) is 13.8 Å². The van der Waals surface area contributed by atoms with E-state index in [0.717, 1.165) is 16.7 Å². The number of aryl methyl sites for hydroxylation is 2. The van der Waals surface area contributed by atoms with Crippen molar-refractivity contribution in [1.29, 1.82) is 0 Å². The normalized spacial score (nSPS) is 10.9. The molecule has 3 aromatic rings. The number of benzene rings is 2. The van der Waals surface area contributed by atoms with Gasteiger partial charge in [-0.2, -0.15) is 0 Å². The Morgan fingerprint density at radius 2 is 1.62 bits per heavy atom. The molecule has 0 aliphatic rings. The summed E-state index contributed by atoms with van der Waals surface area (Å²) < 4.78 is 16.4. The van der Waals surface area contributed by atoms with Crippen molar-refractivity contribution >= 4 is 11.1 Å². The Labute approximate surface area is 123 Å². The molecule has 0 fully saturated rings. The minimum atomic E-state index is 0.580. The standard InChI is InChI=1S/C17H17NO3/c1-10-7-13-15(8-11(10)2)21-17(18-13)12-5-6-14(19-3)16(9-12)20-4/h5-9H,1-4H3. The van der Waals surface area contributed by atoms with Crippen LogP contribution in [0.5, 0.6) is 11.5 Å². The predicted octanol–water partition coefficient (Wildman–Crippen LogP) is 4.13. The van der Waals surface area contributed by atoms with Crippen LogP contribution in [0.4, 0.5) is 0 Å². The van der Waals surface area contributed by atoms with E-state index in [9.17, 15) is 0 Å². The maximum atomic E-state index is 5.86. The van der Waals surface area contributed by atoms with Crippen LogP contribution >= 0.6 is 0 Å². The van der Waals surface area contributed by atoms with E-state index < -0.39 is 0 Å². The van der Waals surface area contributed by atoms with Crippen LogP contribution in [0.1, 0.15) is 11.1 Å². The molecule has 0 saturated heterocycles. The average Bonchev–Trinajstić information content (AvgIpc) is 2.89. The maximum absolute atomic E-state index is 5.86. The van der Waals surface area contributed by atoms with Gasteiger partial charge in [-0.05, 0) is 55.3 Å². The fraction of sp³-hybridized carbons (Fsp3) is 0.235. The van der Waals surface area contributed by atoms with E-state index in [1.165, 1.54) is 11.1 Å². The van der Waals surface area contributed by atoms with Gasteiger partial charge in [-0.25, -0.2) is 4.98 Å². The highest BCUT2D eigenvalue weighted by molar-refractivity contribution is 5.78. The van der Waals surface area contributed by atoms with Crippen molar-refractivity contribution in [3.05, 3.63) is 41.5 Å². The molecule has 0 N–H and O–H groups in total. The van der Waals surface area contributed by atoms with E-state index in [-0.39, 0.29) is 0 Å². The van der Waals surface area contributed by atoms with Gasteiger partial charge in [0, 0.05) is 5.56 Å². The zero-order valence-electron chi connectivity index (χ0n) is 12.6. The molecular formula is C17H17NO3. The van der Waals surface area contributed by atoms with E-state index in [0.29, 0.717) is 17.4 Å². The third-order valence-electron chi connectivity index (χ3n) is 3.63. The summed E-state index contributed by atoms with van der Waals surface area (Å²) in [6.07, 6.45) is 0. The van der Waals surface area contributed by atoms with Crippen LogP contribution in [0.3, 0.4) is 0 Å². The summed E-state index contributed by atoms with van der Waals surface area (Å²) in [6, 6.07) is 9.68. The number of oxazole rings is 1. The van der Waals surface area contributed by atoms with Crippen LogP contribution in [0.2, 0.25) is 0 Å². The van der Waals surface area contributed by atoms with Gasteiger partial charge in [0.05, 0.1) is 14.2 Å². The zero-order valence-corrected chi connectivity index (χ0v) is 12.6. The minimum absolute atomic E-state index is 0.580. The molecule has 4 nitrogen and oxygen atoms in total. The summed E-state index contributed by atoms with van der Waals surface area (Å²) >= 11 is 0. The Morgan fingerprint density at radius 1 is 0.905 bits per heavy atom. The Kier molecular flexibility index (Phi) is 3.29. The largest absolute Gasteiger partial charge is 0.493 e. The lowest BCUT2D eigenvalue weighted by atomic mass is 10.1. The molecule has 2 aromatic carbocycles. The van der Waals surface area contributed by atoms with Gasteiger partial charge in [0.1, 0.15) is 5.52 Å². The summed E-state index contributed by atoms with van der Waals surface area (Å²) in [7, 11) is 3.23. The fourth-order valence-electron chi connectivity index (χ4n) is 2.27. The van der Waals surface area contributed by atoms with E-state index in [2.05, 4.69) is 18.8 Å². The molecule has 0 aliphatic carbocycles. The summed E-state index contributed by atoms with van der Waals surface area (Å²) in [5, 5.41) is 0. The van der Waals surface area contributed by atoms with Crippen LogP contribution in [0.25, 0.3) is 22.6 Å². The van der Waals surface area contributed by atoms with Gasteiger partial charge < -0.3 is 13.9 Å². The van der Waals surface area contributed by atoms with Crippen molar-refractivity contribution in [1.82, 2.24) is 4.98 Å². The molecule has 0 atom stereocenters. The van der Waals surface area contributed by atoms with E-state index >= 15 is 0 Å². The molecule has 21 heavy (non-hydrogen) atoms. The number of hydrogen-bond acceptors (Lipinski definition) is 4. The van der Waals surface area contributed by atoms with Crippen molar-refractivity contribution in [2.75, 3.05) is 14.2 Å². The van der Waals surface area contributed by atoms with Crippen molar-refractivity contribution in [3.8, 4) is 23.0 Å². The second kappa shape index (κ2) is 5.13. The van der Waals surface area contributed by atoms with Gasteiger partial charge in [-0.15, -0.1) is 0 Å². The summed E-state index contributed by atoms with van der Waals surface area (Å²) in [5.74, 6) is 1.92. The quantitative estimate of drug-likeness (QED) is 0.725. The molecule has 0 saturated carbocycles. The predicted molar refractivity (Wildman–Crippen MR) is 82.0 cm³/mol. The van der Waals surface area contributed by atoms with E-state index in [1.807, 2.05) is 30.3 Å². The molecule has 0 unspecified atom stereocenters. The molecule has 0 aliphatic heterocycles. The van der Waals surface area contributed by atoms with Crippen LogP contribution < -0.4 is 9.47 Å². The Balaban J connectivity index is 2.12. The third-order valence-corrected chi connectivity index (χ3v) is 3.63. The summed E-state index contributed by atoms with van der Waals surface area (Å²) in [6.45, 7) is 4.13. The van der Waals surface area contributed by atoms with Gasteiger partial charge in [-0.1, -0.05) is 0 Å². The Morgan fingerprint density at radius 3 is 2.33 bits per heavy atom. The SMILES string of the molecule is COc1ccc(-c2nc3cc(C)c(C)cc3o2)cc1OC. The van der Waals surface area contributed by atoms with Gasteiger partial charge in [0.15, 0.2) is 17.1 Å². The number of hydrogen-bond donors (Lipinski definition) is 0. The monoisotopic (exact) mass is 283 g/mol. The molecule has 0 bridgehead atoms. The summed E-state index contributed by atoms with van der Waals surface area (Å²) in [5.41, 5.74) is 4.91. The molecule has 4 heteroatoms. The van der Waals surface area contributed by atoms with Crippen LogP contribution in [-0.2, 0) is 0 Å². The summed E-state index contributed by atoms with van der Waals surface area (Å²) in [4.78, 5) is 4.55. The first-order valence-electron chi connectivity index (χ1n) is 6.72. The number of aromatic nitrogens is 1. The number of fused-ring (bicyclic) bond motifs is 1. The maximum Gasteiger partial charge on any atom is 0.227 e. The highest BCUT2D eigenvalue weighted by Crippen LogP contribution is 2.33.